The minimum atomic E-state index is -0.871. The number of thiophene rings is 1. The predicted octanol–water partition coefficient (Wildman–Crippen LogP) is 3.88. The minimum absolute atomic E-state index is 0.384. The third kappa shape index (κ3) is 3.08. The summed E-state index contributed by atoms with van der Waals surface area (Å²) in [6.07, 6.45) is 1.54. The Bertz CT molecular complexity index is 534. The zero-order valence-corrected chi connectivity index (χ0v) is 10.6. The average molecular weight is 267 g/mol. The van der Waals surface area contributed by atoms with Gasteiger partial charge in [-0.2, -0.15) is 0 Å². The molecule has 0 unspecified atom stereocenters. The fourth-order valence-corrected chi connectivity index (χ4v) is 2.78. The topological polar surface area (TPSA) is 37.3 Å². The van der Waals surface area contributed by atoms with Crippen molar-refractivity contribution < 1.29 is 9.90 Å². The molecule has 2 nitrogen and oxygen atoms in total. The van der Waals surface area contributed by atoms with E-state index in [2.05, 4.69) is 0 Å². The molecule has 1 N–H and O–H groups in total. The summed E-state index contributed by atoms with van der Waals surface area (Å²) in [6.45, 7) is 0. The summed E-state index contributed by atoms with van der Waals surface area (Å²) in [7, 11) is 0. The van der Waals surface area contributed by atoms with E-state index >= 15 is 0 Å². The highest BCUT2D eigenvalue weighted by molar-refractivity contribution is 7.16. The van der Waals surface area contributed by atoms with Gasteiger partial charge in [-0.25, -0.2) is 4.79 Å². The number of rotatable bonds is 4. The molecule has 0 aliphatic carbocycles. The molecule has 2 rings (SSSR count). The van der Waals surface area contributed by atoms with Gasteiger partial charge < -0.3 is 5.11 Å². The molecule has 0 atom stereocenters. The molecule has 17 heavy (non-hydrogen) atoms. The van der Waals surface area contributed by atoms with Crippen molar-refractivity contribution in [1.29, 1.82) is 0 Å². The molecule has 0 saturated carbocycles. The molecule has 0 amide bonds. The summed E-state index contributed by atoms with van der Waals surface area (Å²) in [5.41, 5.74) is 1.25. The van der Waals surface area contributed by atoms with Crippen LogP contribution in [0.5, 0.6) is 0 Å². The number of benzene rings is 1. The Morgan fingerprint density at radius 3 is 2.59 bits per heavy atom. The standard InChI is InChI=1S/C13H11ClO2S/c14-12-8-7-10(17-12)6-5-9-3-1-2-4-11(9)13(15)16/h1-4,7-8H,5-6H2,(H,15,16). The number of carboxylic acids is 1. The highest BCUT2D eigenvalue weighted by atomic mass is 35.5. The van der Waals surface area contributed by atoms with E-state index in [4.69, 9.17) is 16.7 Å². The monoisotopic (exact) mass is 266 g/mol. The maximum absolute atomic E-state index is 11.0. The smallest absolute Gasteiger partial charge is 0.335 e. The molecule has 0 fully saturated rings. The summed E-state index contributed by atoms with van der Waals surface area (Å²) in [6, 6.07) is 11.0. The summed E-state index contributed by atoms with van der Waals surface area (Å²) in [4.78, 5) is 12.2. The van der Waals surface area contributed by atoms with Crippen LogP contribution in [-0.4, -0.2) is 11.1 Å². The summed E-state index contributed by atoms with van der Waals surface area (Å²) < 4.78 is 0.770. The van der Waals surface area contributed by atoms with E-state index in [1.54, 1.807) is 12.1 Å². The Labute approximate surface area is 108 Å². The second kappa shape index (κ2) is 5.34. The van der Waals surface area contributed by atoms with Crippen molar-refractivity contribution in [3.05, 3.63) is 56.7 Å². The van der Waals surface area contributed by atoms with Crippen LogP contribution in [0.25, 0.3) is 0 Å². The van der Waals surface area contributed by atoms with Crippen LogP contribution in [0.15, 0.2) is 36.4 Å². The summed E-state index contributed by atoms with van der Waals surface area (Å²) in [5, 5.41) is 9.05. The van der Waals surface area contributed by atoms with E-state index in [9.17, 15) is 4.79 Å². The summed E-state index contributed by atoms with van der Waals surface area (Å²) >= 11 is 7.39. The van der Waals surface area contributed by atoms with Crippen LogP contribution in [0.4, 0.5) is 0 Å². The van der Waals surface area contributed by atoms with Gasteiger partial charge in [-0.05, 0) is 36.6 Å². The molecule has 1 aromatic heterocycles. The number of aryl methyl sites for hydroxylation is 2. The summed E-state index contributed by atoms with van der Waals surface area (Å²) in [5.74, 6) is -0.871. The Kier molecular flexibility index (Phi) is 3.82. The van der Waals surface area contributed by atoms with Crippen molar-refractivity contribution in [2.45, 2.75) is 12.8 Å². The number of aromatic carboxylic acids is 1. The first-order valence-corrected chi connectivity index (χ1v) is 6.41. The predicted molar refractivity (Wildman–Crippen MR) is 70.1 cm³/mol. The molecule has 0 radical (unpaired) electrons. The fourth-order valence-electron chi connectivity index (χ4n) is 1.69. The maximum atomic E-state index is 11.0. The Morgan fingerprint density at radius 2 is 1.94 bits per heavy atom. The van der Waals surface area contributed by atoms with E-state index in [1.165, 1.54) is 16.2 Å². The van der Waals surface area contributed by atoms with Gasteiger partial charge in [0.15, 0.2) is 0 Å². The highest BCUT2D eigenvalue weighted by Crippen LogP contribution is 2.23. The highest BCUT2D eigenvalue weighted by Gasteiger charge is 2.09. The molecule has 2 aromatic rings. The zero-order valence-electron chi connectivity index (χ0n) is 9.02. The van der Waals surface area contributed by atoms with Gasteiger partial charge in [0, 0.05) is 4.88 Å². The van der Waals surface area contributed by atoms with Gasteiger partial charge in [0.05, 0.1) is 9.90 Å². The number of carboxylic acid groups (broad SMARTS) is 1. The Hall–Kier alpha value is -1.32. The van der Waals surface area contributed by atoms with Crippen molar-refractivity contribution in [3.8, 4) is 0 Å². The van der Waals surface area contributed by atoms with Crippen molar-refractivity contribution in [2.24, 2.45) is 0 Å². The van der Waals surface area contributed by atoms with Crippen molar-refractivity contribution in [1.82, 2.24) is 0 Å². The van der Waals surface area contributed by atoms with Gasteiger partial charge in [0.2, 0.25) is 0 Å². The molecule has 0 saturated heterocycles. The zero-order chi connectivity index (χ0) is 12.3. The van der Waals surface area contributed by atoms with E-state index in [0.717, 1.165) is 22.7 Å². The molecule has 88 valence electrons. The van der Waals surface area contributed by atoms with Crippen LogP contribution in [-0.2, 0) is 12.8 Å². The third-order valence-corrected chi connectivity index (χ3v) is 3.81. The lowest BCUT2D eigenvalue weighted by atomic mass is 10.0. The molecule has 0 aliphatic heterocycles. The lowest BCUT2D eigenvalue weighted by Gasteiger charge is -2.04. The first-order valence-electron chi connectivity index (χ1n) is 5.22. The quantitative estimate of drug-likeness (QED) is 0.912. The van der Waals surface area contributed by atoms with Crippen LogP contribution in [0.1, 0.15) is 20.8 Å². The van der Waals surface area contributed by atoms with Gasteiger partial charge in [0.1, 0.15) is 0 Å². The average Bonchev–Trinajstić information content (AvgIpc) is 2.73. The SMILES string of the molecule is O=C(O)c1ccccc1CCc1ccc(Cl)s1. The molecule has 1 aromatic carbocycles. The lowest BCUT2D eigenvalue weighted by molar-refractivity contribution is 0.0695. The lowest BCUT2D eigenvalue weighted by Crippen LogP contribution is -2.02. The van der Waals surface area contributed by atoms with Gasteiger partial charge in [-0.1, -0.05) is 29.8 Å². The van der Waals surface area contributed by atoms with Crippen molar-refractivity contribution >= 4 is 28.9 Å². The largest absolute Gasteiger partial charge is 0.478 e. The van der Waals surface area contributed by atoms with E-state index in [0.29, 0.717) is 5.56 Å². The second-order valence-corrected chi connectivity index (χ2v) is 5.47. The van der Waals surface area contributed by atoms with Crippen LogP contribution in [0.2, 0.25) is 4.34 Å². The van der Waals surface area contributed by atoms with Crippen molar-refractivity contribution in [2.75, 3.05) is 0 Å². The minimum Gasteiger partial charge on any atom is -0.478 e. The first kappa shape index (κ1) is 12.1. The van der Waals surface area contributed by atoms with Gasteiger partial charge in [-0.3, -0.25) is 0 Å². The van der Waals surface area contributed by atoms with Crippen LogP contribution in [0.3, 0.4) is 0 Å². The number of carbonyl (C=O) groups is 1. The molecule has 0 spiro atoms. The van der Waals surface area contributed by atoms with Gasteiger partial charge in [0.25, 0.3) is 0 Å². The second-order valence-electron chi connectivity index (χ2n) is 3.67. The van der Waals surface area contributed by atoms with Gasteiger partial charge >= 0.3 is 5.97 Å². The van der Waals surface area contributed by atoms with Gasteiger partial charge in [-0.15, -0.1) is 11.3 Å². The third-order valence-electron chi connectivity index (χ3n) is 2.52. The van der Waals surface area contributed by atoms with E-state index < -0.39 is 5.97 Å². The Balaban J connectivity index is 2.11. The van der Waals surface area contributed by atoms with E-state index in [-0.39, 0.29) is 0 Å². The fraction of sp³-hybridized carbons (Fsp3) is 0.154. The number of hydrogen-bond donors (Lipinski definition) is 1. The molecule has 0 aliphatic rings. The van der Waals surface area contributed by atoms with Crippen molar-refractivity contribution in [3.63, 3.8) is 0 Å². The number of halogens is 1. The van der Waals surface area contributed by atoms with Crippen LogP contribution >= 0.6 is 22.9 Å². The van der Waals surface area contributed by atoms with E-state index in [1.807, 2.05) is 24.3 Å². The normalized spacial score (nSPS) is 10.4. The maximum Gasteiger partial charge on any atom is 0.335 e. The molecular weight excluding hydrogens is 256 g/mol. The first-order chi connectivity index (χ1) is 8.16. The van der Waals surface area contributed by atoms with Crippen LogP contribution in [0, 0.1) is 0 Å². The molecular formula is C13H11ClO2S. The molecule has 1 heterocycles. The number of hydrogen-bond acceptors (Lipinski definition) is 2. The molecule has 4 heteroatoms. The van der Waals surface area contributed by atoms with Crippen LogP contribution < -0.4 is 0 Å². The Morgan fingerprint density at radius 1 is 1.18 bits per heavy atom. The molecule has 0 bridgehead atoms.